The van der Waals surface area contributed by atoms with Crippen LogP contribution in [0, 0.1) is 0 Å². The molecule has 0 spiro atoms. The summed E-state index contributed by atoms with van der Waals surface area (Å²) in [6.07, 6.45) is 6.76. The Morgan fingerprint density at radius 3 is 2.47 bits per heavy atom. The summed E-state index contributed by atoms with van der Waals surface area (Å²) in [6.45, 7) is 0. The Bertz CT molecular complexity index is 1410. The summed E-state index contributed by atoms with van der Waals surface area (Å²) in [5.41, 5.74) is 8.67. The molecule has 0 fully saturated rings. The van der Waals surface area contributed by atoms with E-state index in [4.69, 9.17) is 0 Å². The summed E-state index contributed by atoms with van der Waals surface area (Å²) in [5.74, 6) is 0. The van der Waals surface area contributed by atoms with Gasteiger partial charge in [0.1, 0.15) is 0 Å². The highest BCUT2D eigenvalue weighted by molar-refractivity contribution is 6.10. The lowest BCUT2D eigenvalue weighted by Gasteiger charge is -2.16. The van der Waals surface area contributed by atoms with Crippen LogP contribution < -0.4 is 5.32 Å². The Morgan fingerprint density at radius 1 is 0.700 bits per heavy atom. The van der Waals surface area contributed by atoms with Crippen LogP contribution in [0.25, 0.3) is 33.6 Å². The second-order valence-electron chi connectivity index (χ2n) is 7.86. The molecule has 6 rings (SSSR count). The normalized spacial score (nSPS) is 12.9. The third kappa shape index (κ3) is 2.73. The first-order valence-electron chi connectivity index (χ1n) is 10.5. The van der Waals surface area contributed by atoms with E-state index in [0.29, 0.717) is 0 Å². The number of nitrogens with one attached hydrogen (secondary N) is 1. The predicted molar refractivity (Wildman–Crippen MR) is 128 cm³/mol. The van der Waals surface area contributed by atoms with E-state index in [-0.39, 0.29) is 0 Å². The highest BCUT2D eigenvalue weighted by Gasteiger charge is 2.13. The first kappa shape index (κ1) is 17.1. The van der Waals surface area contributed by atoms with Gasteiger partial charge in [0.25, 0.3) is 0 Å². The number of hydrogen-bond acceptors (Lipinski definition) is 1. The molecule has 0 aliphatic heterocycles. The number of nitrogens with zero attached hydrogens (tertiary/aromatic N) is 1. The van der Waals surface area contributed by atoms with E-state index >= 15 is 0 Å². The monoisotopic (exact) mass is 386 g/mol. The van der Waals surface area contributed by atoms with Gasteiger partial charge < -0.3 is 9.88 Å². The lowest BCUT2D eigenvalue weighted by molar-refractivity contribution is 0.986. The number of aromatic nitrogens is 1. The first-order valence-corrected chi connectivity index (χ1v) is 10.5. The van der Waals surface area contributed by atoms with Gasteiger partial charge in [-0.2, -0.15) is 0 Å². The number of fused-ring (bicyclic) bond motifs is 4. The van der Waals surface area contributed by atoms with Gasteiger partial charge >= 0.3 is 0 Å². The second-order valence-corrected chi connectivity index (χ2v) is 7.86. The van der Waals surface area contributed by atoms with Crippen molar-refractivity contribution < 1.29 is 0 Å². The Labute approximate surface area is 176 Å². The van der Waals surface area contributed by atoms with Gasteiger partial charge in [0.2, 0.25) is 0 Å². The first-order chi connectivity index (χ1) is 14.9. The molecule has 0 unspecified atom stereocenters. The van der Waals surface area contributed by atoms with Gasteiger partial charge in [-0.05, 0) is 60.9 Å². The lowest BCUT2D eigenvalue weighted by Crippen LogP contribution is -2.00. The third-order valence-corrected chi connectivity index (χ3v) is 6.03. The zero-order valence-electron chi connectivity index (χ0n) is 16.7. The molecule has 4 aromatic carbocycles. The molecule has 30 heavy (non-hydrogen) atoms. The molecule has 0 saturated heterocycles. The maximum Gasteiger partial charge on any atom is 0.0542 e. The van der Waals surface area contributed by atoms with Crippen molar-refractivity contribution >= 4 is 39.3 Å². The maximum atomic E-state index is 3.68. The molecule has 0 atom stereocenters. The van der Waals surface area contributed by atoms with Gasteiger partial charge in [-0.25, -0.2) is 0 Å². The number of allylic oxidation sites excluding steroid dienone is 1. The smallest absolute Gasteiger partial charge is 0.0542 e. The number of para-hydroxylation sites is 2. The summed E-state index contributed by atoms with van der Waals surface area (Å²) < 4.78 is 2.35. The molecular formula is C28H22N2. The lowest BCUT2D eigenvalue weighted by atomic mass is 9.96. The van der Waals surface area contributed by atoms with E-state index in [1.165, 1.54) is 44.3 Å². The van der Waals surface area contributed by atoms with Gasteiger partial charge in [-0.15, -0.1) is 0 Å². The van der Waals surface area contributed by atoms with Crippen LogP contribution in [0.5, 0.6) is 0 Å². The van der Waals surface area contributed by atoms with Crippen molar-refractivity contribution in [3.63, 3.8) is 0 Å². The molecule has 144 valence electrons. The van der Waals surface area contributed by atoms with Crippen molar-refractivity contribution in [2.45, 2.75) is 12.8 Å². The molecule has 0 amide bonds. The number of benzene rings is 4. The number of anilines is 2. The Hall–Kier alpha value is -3.78. The Morgan fingerprint density at radius 2 is 1.53 bits per heavy atom. The second kappa shape index (κ2) is 6.93. The van der Waals surface area contributed by atoms with Crippen molar-refractivity contribution in [2.75, 3.05) is 5.32 Å². The van der Waals surface area contributed by atoms with Gasteiger partial charge in [0.05, 0.1) is 11.0 Å². The summed E-state index contributed by atoms with van der Waals surface area (Å²) in [6, 6.07) is 32.5. The van der Waals surface area contributed by atoms with E-state index in [0.717, 1.165) is 18.5 Å². The van der Waals surface area contributed by atoms with Gasteiger partial charge in [0, 0.05) is 33.4 Å². The van der Waals surface area contributed by atoms with E-state index in [1.54, 1.807) is 0 Å². The number of hydrogen-bond donors (Lipinski definition) is 1. The van der Waals surface area contributed by atoms with Crippen LogP contribution in [0.2, 0.25) is 0 Å². The molecule has 0 radical (unpaired) electrons. The molecule has 1 aromatic heterocycles. The van der Waals surface area contributed by atoms with E-state index in [9.17, 15) is 0 Å². The molecule has 1 heterocycles. The third-order valence-electron chi connectivity index (χ3n) is 6.03. The van der Waals surface area contributed by atoms with Crippen LogP contribution in [-0.2, 0) is 6.42 Å². The molecule has 5 aromatic rings. The zero-order chi connectivity index (χ0) is 19.9. The zero-order valence-corrected chi connectivity index (χ0v) is 16.7. The van der Waals surface area contributed by atoms with Crippen LogP contribution in [0.1, 0.15) is 17.5 Å². The van der Waals surface area contributed by atoms with Crippen molar-refractivity contribution in [3.05, 3.63) is 108 Å². The highest BCUT2D eigenvalue weighted by atomic mass is 15.0. The molecule has 1 aliphatic carbocycles. The van der Waals surface area contributed by atoms with Crippen molar-refractivity contribution in [3.8, 4) is 5.69 Å². The fourth-order valence-electron chi connectivity index (χ4n) is 4.64. The molecule has 2 nitrogen and oxygen atoms in total. The molecule has 2 heteroatoms. The average Bonchev–Trinajstić information content (AvgIpc) is 3.14. The molecule has 1 N–H and O–H groups in total. The molecule has 0 bridgehead atoms. The minimum atomic E-state index is 1.12. The largest absolute Gasteiger partial charge is 0.355 e. The van der Waals surface area contributed by atoms with Crippen molar-refractivity contribution in [1.82, 2.24) is 4.57 Å². The van der Waals surface area contributed by atoms with E-state index in [1.807, 2.05) is 0 Å². The molecule has 0 saturated carbocycles. The predicted octanol–water partition coefficient (Wildman–Crippen LogP) is 7.49. The minimum Gasteiger partial charge on any atom is -0.355 e. The standard InChI is InChI=1S/C28H22N2/c1-2-11-22(12-3-1)30-27-16-7-6-14-24(27)25-19-21(17-18-28(25)30)29-26-15-8-10-20-9-4-5-13-23(20)26/h1-3,5-8,10-19,29H,4,9H2. The van der Waals surface area contributed by atoms with Crippen LogP contribution in [0.4, 0.5) is 11.4 Å². The molecule has 1 aliphatic rings. The fourth-order valence-corrected chi connectivity index (χ4v) is 4.64. The van der Waals surface area contributed by atoms with Gasteiger partial charge in [-0.3, -0.25) is 0 Å². The van der Waals surface area contributed by atoms with Crippen LogP contribution in [-0.4, -0.2) is 4.57 Å². The Balaban J connectivity index is 1.52. The summed E-state index contributed by atoms with van der Waals surface area (Å²) in [7, 11) is 0. The van der Waals surface area contributed by atoms with Crippen LogP contribution in [0.15, 0.2) is 97.1 Å². The average molecular weight is 386 g/mol. The SMILES string of the molecule is C1=Cc2c(cccc2Nc2ccc3c(c2)c2ccccc2n3-c2ccccc2)CC1. The molecular weight excluding hydrogens is 364 g/mol. The Kier molecular flexibility index (Phi) is 3.95. The quantitative estimate of drug-likeness (QED) is 0.340. The van der Waals surface area contributed by atoms with Gasteiger partial charge in [0.15, 0.2) is 0 Å². The van der Waals surface area contributed by atoms with Crippen LogP contribution >= 0.6 is 0 Å². The number of aryl methyl sites for hydroxylation is 1. The minimum absolute atomic E-state index is 1.12. The topological polar surface area (TPSA) is 17.0 Å². The van der Waals surface area contributed by atoms with E-state index in [2.05, 4.69) is 113 Å². The number of rotatable bonds is 3. The summed E-state index contributed by atoms with van der Waals surface area (Å²) >= 11 is 0. The van der Waals surface area contributed by atoms with Crippen LogP contribution in [0.3, 0.4) is 0 Å². The summed E-state index contributed by atoms with van der Waals surface area (Å²) in [5, 5.41) is 6.21. The summed E-state index contributed by atoms with van der Waals surface area (Å²) in [4.78, 5) is 0. The maximum absolute atomic E-state index is 3.68. The van der Waals surface area contributed by atoms with Crippen molar-refractivity contribution in [2.24, 2.45) is 0 Å². The van der Waals surface area contributed by atoms with Crippen molar-refractivity contribution in [1.29, 1.82) is 0 Å². The van der Waals surface area contributed by atoms with E-state index < -0.39 is 0 Å². The fraction of sp³-hybridized carbons (Fsp3) is 0.0714. The highest BCUT2D eigenvalue weighted by Crippen LogP contribution is 2.35. The van der Waals surface area contributed by atoms with Gasteiger partial charge in [-0.1, -0.05) is 60.7 Å².